The van der Waals surface area contributed by atoms with E-state index in [1.165, 1.54) is 22.3 Å². The van der Waals surface area contributed by atoms with Gasteiger partial charge in [0.2, 0.25) is 0 Å². The molecule has 19 heavy (non-hydrogen) atoms. The summed E-state index contributed by atoms with van der Waals surface area (Å²) < 4.78 is 0. The summed E-state index contributed by atoms with van der Waals surface area (Å²) in [5, 5.41) is 14.1. The van der Waals surface area contributed by atoms with Gasteiger partial charge in [-0.25, -0.2) is 0 Å². The topological polar surface area (TPSA) is 32.3 Å². The van der Waals surface area contributed by atoms with Gasteiger partial charge in [0.05, 0.1) is 12.1 Å². The van der Waals surface area contributed by atoms with Gasteiger partial charge in [0.15, 0.2) is 0 Å². The average Bonchev–Trinajstić information content (AvgIpc) is 2.80. The van der Waals surface area contributed by atoms with Crippen LogP contribution < -0.4 is 5.32 Å². The Bertz CT molecular complexity index is 586. The van der Waals surface area contributed by atoms with Crippen molar-refractivity contribution < 1.29 is 5.11 Å². The number of hydrogen-bond acceptors (Lipinski definition) is 2. The zero-order chi connectivity index (χ0) is 13.4. The van der Waals surface area contributed by atoms with Crippen LogP contribution in [0.4, 0.5) is 0 Å². The minimum atomic E-state index is -0.498. The molecule has 0 amide bonds. The van der Waals surface area contributed by atoms with Gasteiger partial charge in [-0.3, -0.25) is 0 Å². The lowest BCUT2D eigenvalue weighted by Gasteiger charge is -2.21. The van der Waals surface area contributed by atoms with Crippen molar-refractivity contribution in [1.82, 2.24) is 5.32 Å². The molecule has 3 rings (SSSR count). The van der Waals surface area contributed by atoms with Crippen molar-refractivity contribution >= 4 is 0 Å². The smallest absolute Gasteiger partial charge is 0.0985 e. The number of aliphatic hydroxyl groups is 1. The van der Waals surface area contributed by atoms with E-state index in [0.29, 0.717) is 0 Å². The second-order valence-corrected chi connectivity index (χ2v) is 5.42. The Hall–Kier alpha value is -1.64. The summed E-state index contributed by atoms with van der Waals surface area (Å²) in [6, 6.07) is 14.6. The van der Waals surface area contributed by atoms with Crippen LogP contribution in [-0.2, 0) is 6.54 Å². The zero-order valence-electron chi connectivity index (χ0n) is 11.4. The van der Waals surface area contributed by atoms with Gasteiger partial charge < -0.3 is 10.4 Å². The fourth-order valence-corrected chi connectivity index (χ4v) is 2.98. The van der Waals surface area contributed by atoms with E-state index in [1.807, 2.05) is 12.1 Å². The second kappa shape index (κ2) is 4.80. The van der Waals surface area contributed by atoms with Gasteiger partial charge in [-0.1, -0.05) is 53.6 Å². The molecule has 2 heteroatoms. The van der Waals surface area contributed by atoms with Crippen LogP contribution in [0, 0.1) is 13.8 Å². The van der Waals surface area contributed by atoms with E-state index < -0.39 is 6.10 Å². The van der Waals surface area contributed by atoms with Crippen molar-refractivity contribution in [3.8, 4) is 0 Å². The highest BCUT2D eigenvalue weighted by atomic mass is 16.3. The lowest BCUT2D eigenvalue weighted by atomic mass is 9.94. The number of rotatable bonds is 2. The van der Waals surface area contributed by atoms with Gasteiger partial charge >= 0.3 is 0 Å². The third-order valence-corrected chi connectivity index (χ3v) is 3.80. The van der Waals surface area contributed by atoms with E-state index in [2.05, 4.69) is 49.5 Å². The number of benzene rings is 2. The first-order chi connectivity index (χ1) is 9.15. The summed E-state index contributed by atoms with van der Waals surface area (Å²) >= 11 is 0. The average molecular weight is 253 g/mol. The van der Waals surface area contributed by atoms with E-state index >= 15 is 0 Å². The highest BCUT2D eigenvalue weighted by Gasteiger charge is 2.28. The second-order valence-electron chi connectivity index (χ2n) is 5.42. The normalized spacial score (nSPS) is 19.2. The van der Waals surface area contributed by atoms with Crippen molar-refractivity contribution in [3.05, 3.63) is 70.3 Å². The van der Waals surface area contributed by atoms with Crippen molar-refractivity contribution in [3.63, 3.8) is 0 Å². The maximum absolute atomic E-state index is 10.7. The van der Waals surface area contributed by atoms with Crippen LogP contribution in [0.3, 0.4) is 0 Å². The molecule has 0 fully saturated rings. The van der Waals surface area contributed by atoms with Gasteiger partial charge in [0.25, 0.3) is 0 Å². The molecule has 2 aromatic rings. The molecule has 0 saturated carbocycles. The van der Waals surface area contributed by atoms with E-state index in [-0.39, 0.29) is 6.04 Å². The summed E-state index contributed by atoms with van der Waals surface area (Å²) in [6.45, 7) is 4.97. The number of nitrogens with one attached hydrogen (secondary N) is 1. The summed E-state index contributed by atoms with van der Waals surface area (Å²) in [5.41, 5.74) is 5.89. The number of aryl methyl sites for hydroxylation is 2. The molecule has 2 nitrogen and oxygen atoms in total. The summed E-state index contributed by atoms with van der Waals surface area (Å²) in [7, 11) is 0. The van der Waals surface area contributed by atoms with Crippen LogP contribution in [0.2, 0.25) is 0 Å². The Labute approximate surface area is 114 Å². The Morgan fingerprint density at radius 2 is 1.79 bits per heavy atom. The predicted octanol–water partition coefficient (Wildman–Crippen LogP) is 3.18. The molecule has 1 aliphatic rings. The first kappa shape index (κ1) is 12.4. The minimum Gasteiger partial charge on any atom is -0.386 e. The Morgan fingerprint density at radius 3 is 2.53 bits per heavy atom. The van der Waals surface area contributed by atoms with Crippen LogP contribution in [0.1, 0.15) is 40.0 Å². The van der Waals surface area contributed by atoms with Gasteiger partial charge in [0, 0.05) is 6.54 Å². The lowest BCUT2D eigenvalue weighted by Crippen LogP contribution is -2.20. The van der Waals surface area contributed by atoms with Crippen LogP contribution in [0.5, 0.6) is 0 Å². The molecule has 1 aliphatic heterocycles. The molecule has 0 radical (unpaired) electrons. The van der Waals surface area contributed by atoms with E-state index in [4.69, 9.17) is 0 Å². The largest absolute Gasteiger partial charge is 0.386 e. The third kappa shape index (κ3) is 2.29. The van der Waals surface area contributed by atoms with E-state index in [1.54, 1.807) is 0 Å². The molecular formula is C17H19NO. The summed E-state index contributed by atoms with van der Waals surface area (Å²) in [5.74, 6) is 0. The molecule has 1 heterocycles. The number of hydrogen-bond donors (Lipinski definition) is 2. The SMILES string of the molecule is Cc1cc(C)cc(C(O)C2NCc3ccccc32)c1. The molecule has 2 aromatic carbocycles. The van der Waals surface area contributed by atoms with Crippen LogP contribution in [-0.4, -0.2) is 5.11 Å². The Balaban J connectivity index is 1.95. The Kier molecular flexibility index (Phi) is 3.13. The fourth-order valence-electron chi connectivity index (χ4n) is 2.98. The van der Waals surface area contributed by atoms with Crippen molar-refractivity contribution in [2.45, 2.75) is 32.5 Å². The van der Waals surface area contributed by atoms with Crippen molar-refractivity contribution in [2.75, 3.05) is 0 Å². The van der Waals surface area contributed by atoms with Gasteiger partial charge in [-0.05, 0) is 30.5 Å². The lowest BCUT2D eigenvalue weighted by molar-refractivity contribution is 0.133. The molecule has 0 spiro atoms. The molecular weight excluding hydrogens is 234 g/mol. The highest BCUT2D eigenvalue weighted by Crippen LogP contribution is 2.35. The molecule has 0 aliphatic carbocycles. The maximum Gasteiger partial charge on any atom is 0.0985 e. The monoisotopic (exact) mass is 253 g/mol. The molecule has 0 bridgehead atoms. The molecule has 0 aromatic heterocycles. The standard InChI is InChI=1S/C17H19NO/c1-11-7-12(2)9-14(8-11)17(19)16-15-6-4-3-5-13(15)10-18-16/h3-9,16-19H,10H2,1-2H3. The third-order valence-electron chi connectivity index (χ3n) is 3.80. The van der Waals surface area contributed by atoms with Gasteiger partial charge in [-0.2, -0.15) is 0 Å². The van der Waals surface area contributed by atoms with Gasteiger partial charge in [-0.15, -0.1) is 0 Å². The highest BCUT2D eigenvalue weighted by molar-refractivity contribution is 5.38. The first-order valence-electron chi connectivity index (χ1n) is 6.72. The molecule has 0 saturated heterocycles. The first-order valence-corrected chi connectivity index (χ1v) is 6.72. The van der Waals surface area contributed by atoms with Crippen LogP contribution >= 0.6 is 0 Å². The molecule has 98 valence electrons. The van der Waals surface area contributed by atoms with E-state index in [9.17, 15) is 5.11 Å². The predicted molar refractivity (Wildman–Crippen MR) is 76.9 cm³/mol. The molecule has 2 N–H and O–H groups in total. The maximum atomic E-state index is 10.7. The fraction of sp³-hybridized carbons (Fsp3) is 0.294. The minimum absolute atomic E-state index is 0.00241. The van der Waals surface area contributed by atoms with Crippen molar-refractivity contribution in [1.29, 1.82) is 0 Å². The van der Waals surface area contributed by atoms with Crippen molar-refractivity contribution in [2.24, 2.45) is 0 Å². The number of fused-ring (bicyclic) bond motifs is 1. The Morgan fingerprint density at radius 1 is 1.11 bits per heavy atom. The molecule has 2 atom stereocenters. The number of aliphatic hydroxyl groups excluding tert-OH is 1. The quantitative estimate of drug-likeness (QED) is 0.861. The van der Waals surface area contributed by atoms with Crippen LogP contribution in [0.25, 0.3) is 0 Å². The van der Waals surface area contributed by atoms with Gasteiger partial charge in [0.1, 0.15) is 0 Å². The summed E-state index contributed by atoms with van der Waals surface area (Å²) in [4.78, 5) is 0. The zero-order valence-corrected chi connectivity index (χ0v) is 11.4. The molecule has 2 unspecified atom stereocenters. The van der Waals surface area contributed by atoms with E-state index in [0.717, 1.165) is 12.1 Å². The summed E-state index contributed by atoms with van der Waals surface area (Å²) in [6.07, 6.45) is -0.498. The van der Waals surface area contributed by atoms with Crippen LogP contribution in [0.15, 0.2) is 42.5 Å².